The van der Waals surface area contributed by atoms with Crippen LogP contribution in [0.15, 0.2) is 42.5 Å². The smallest absolute Gasteiger partial charge is 0.308 e. The Hall–Kier alpha value is -2.25. The molecule has 0 aliphatic carbocycles. The van der Waals surface area contributed by atoms with Gasteiger partial charge in [0.05, 0.1) is 16.5 Å². The van der Waals surface area contributed by atoms with Crippen molar-refractivity contribution >= 4 is 44.7 Å². The third kappa shape index (κ3) is 4.05. The van der Waals surface area contributed by atoms with Gasteiger partial charge in [-0.25, -0.2) is 13.2 Å². The number of halogens is 1. The molecule has 0 bridgehead atoms. The summed E-state index contributed by atoms with van der Waals surface area (Å²) in [5.41, 5.74) is 2.61. The summed E-state index contributed by atoms with van der Waals surface area (Å²) in [6, 6.07) is 11.8. The molecule has 2 N–H and O–H groups in total. The SMILES string of the molecule is Cc1ccc(NC(=O)Nc2ccc(Cl)c(N3CCCS3(=O)=O)c2)cc1. The number of hydrogen-bond donors (Lipinski definition) is 2. The Morgan fingerprint density at radius 3 is 2.36 bits per heavy atom. The van der Waals surface area contributed by atoms with Gasteiger partial charge in [0.25, 0.3) is 0 Å². The molecule has 25 heavy (non-hydrogen) atoms. The first-order valence-electron chi connectivity index (χ1n) is 7.80. The van der Waals surface area contributed by atoms with Crippen molar-refractivity contribution in [1.29, 1.82) is 0 Å². The lowest BCUT2D eigenvalue weighted by atomic mass is 10.2. The van der Waals surface area contributed by atoms with Crippen molar-refractivity contribution in [2.24, 2.45) is 0 Å². The first-order chi connectivity index (χ1) is 11.8. The van der Waals surface area contributed by atoms with E-state index in [1.54, 1.807) is 30.3 Å². The molecule has 1 fully saturated rings. The van der Waals surface area contributed by atoms with Crippen molar-refractivity contribution in [2.45, 2.75) is 13.3 Å². The fraction of sp³-hybridized carbons (Fsp3) is 0.235. The lowest BCUT2D eigenvalue weighted by Gasteiger charge is -2.19. The van der Waals surface area contributed by atoms with Gasteiger partial charge in [0.2, 0.25) is 10.0 Å². The molecular weight excluding hydrogens is 362 g/mol. The van der Waals surface area contributed by atoms with E-state index in [9.17, 15) is 13.2 Å². The summed E-state index contributed by atoms with van der Waals surface area (Å²) in [5.74, 6) is 0.106. The van der Waals surface area contributed by atoms with Crippen molar-refractivity contribution in [3.8, 4) is 0 Å². The van der Waals surface area contributed by atoms with E-state index in [0.29, 0.717) is 35.1 Å². The number of anilines is 3. The number of nitrogens with zero attached hydrogens (tertiary/aromatic N) is 1. The van der Waals surface area contributed by atoms with E-state index in [2.05, 4.69) is 10.6 Å². The molecule has 1 aliphatic rings. The number of hydrogen-bond acceptors (Lipinski definition) is 3. The third-order valence-corrected chi connectivity index (χ3v) is 6.06. The highest BCUT2D eigenvalue weighted by Crippen LogP contribution is 2.33. The minimum Gasteiger partial charge on any atom is -0.308 e. The minimum absolute atomic E-state index is 0.106. The summed E-state index contributed by atoms with van der Waals surface area (Å²) >= 11 is 6.15. The number of urea groups is 1. The molecule has 2 aromatic carbocycles. The monoisotopic (exact) mass is 379 g/mol. The van der Waals surface area contributed by atoms with Crippen LogP contribution < -0.4 is 14.9 Å². The average molecular weight is 380 g/mol. The Morgan fingerprint density at radius 1 is 1.08 bits per heavy atom. The number of nitrogens with one attached hydrogen (secondary N) is 2. The van der Waals surface area contributed by atoms with E-state index in [4.69, 9.17) is 11.6 Å². The molecule has 1 heterocycles. The van der Waals surface area contributed by atoms with Crippen LogP contribution in [0.5, 0.6) is 0 Å². The van der Waals surface area contributed by atoms with Crippen molar-refractivity contribution in [2.75, 3.05) is 27.2 Å². The predicted molar refractivity (Wildman–Crippen MR) is 101 cm³/mol. The van der Waals surface area contributed by atoms with Crippen LogP contribution in [0.25, 0.3) is 0 Å². The number of rotatable bonds is 3. The largest absolute Gasteiger partial charge is 0.323 e. The molecule has 1 aliphatic heterocycles. The standard InChI is InChI=1S/C17H18ClN3O3S/c1-12-3-5-13(6-4-12)19-17(22)20-14-7-8-15(18)16(11-14)21-9-2-10-25(21,23)24/h3-8,11H,2,9-10H2,1H3,(H2,19,20,22). The summed E-state index contributed by atoms with van der Waals surface area (Å²) in [6.45, 7) is 2.35. The fourth-order valence-corrected chi connectivity index (χ4v) is 4.46. The van der Waals surface area contributed by atoms with Crippen LogP contribution in [0, 0.1) is 6.92 Å². The van der Waals surface area contributed by atoms with Crippen LogP contribution in [-0.2, 0) is 10.0 Å². The molecule has 0 unspecified atom stereocenters. The van der Waals surface area contributed by atoms with Gasteiger partial charge in [0.1, 0.15) is 0 Å². The second kappa shape index (κ2) is 6.93. The molecule has 0 atom stereocenters. The van der Waals surface area contributed by atoms with Gasteiger partial charge in [-0.15, -0.1) is 0 Å². The molecule has 132 valence electrons. The van der Waals surface area contributed by atoms with Crippen LogP contribution in [0.1, 0.15) is 12.0 Å². The first kappa shape index (κ1) is 17.6. The van der Waals surface area contributed by atoms with Crippen LogP contribution in [-0.4, -0.2) is 26.7 Å². The fourth-order valence-electron chi connectivity index (χ4n) is 2.62. The van der Waals surface area contributed by atoms with Crippen LogP contribution in [0.3, 0.4) is 0 Å². The Kier molecular flexibility index (Phi) is 4.87. The van der Waals surface area contributed by atoms with E-state index in [1.165, 1.54) is 4.31 Å². The highest BCUT2D eigenvalue weighted by Gasteiger charge is 2.30. The Balaban J connectivity index is 1.76. The van der Waals surface area contributed by atoms with Crippen molar-refractivity contribution < 1.29 is 13.2 Å². The zero-order valence-corrected chi connectivity index (χ0v) is 15.2. The van der Waals surface area contributed by atoms with Crippen LogP contribution >= 0.6 is 11.6 Å². The molecule has 2 aromatic rings. The van der Waals surface area contributed by atoms with E-state index < -0.39 is 16.1 Å². The second-order valence-corrected chi connectivity index (χ2v) is 8.27. The number of sulfonamides is 1. The number of amides is 2. The van der Waals surface area contributed by atoms with Gasteiger partial charge in [-0.05, 0) is 43.7 Å². The normalized spacial score (nSPS) is 15.8. The Morgan fingerprint density at radius 2 is 1.72 bits per heavy atom. The topological polar surface area (TPSA) is 78.5 Å². The molecular formula is C17H18ClN3O3S. The number of benzene rings is 2. The molecule has 1 saturated heterocycles. The van der Waals surface area contributed by atoms with E-state index in [1.807, 2.05) is 19.1 Å². The summed E-state index contributed by atoms with van der Waals surface area (Å²) in [7, 11) is -3.34. The van der Waals surface area contributed by atoms with Gasteiger partial charge in [0, 0.05) is 17.9 Å². The predicted octanol–water partition coefficient (Wildman–Crippen LogP) is 3.83. The van der Waals surface area contributed by atoms with Gasteiger partial charge in [-0.1, -0.05) is 29.3 Å². The molecule has 0 saturated carbocycles. The first-order valence-corrected chi connectivity index (χ1v) is 9.78. The molecule has 2 amide bonds. The number of carbonyl (C=O) groups excluding carboxylic acids is 1. The lowest BCUT2D eigenvalue weighted by Crippen LogP contribution is -2.26. The Labute approximate surface area is 151 Å². The maximum atomic E-state index is 12.1. The average Bonchev–Trinajstić information content (AvgIpc) is 2.90. The van der Waals surface area contributed by atoms with Crippen LogP contribution in [0.4, 0.5) is 21.9 Å². The summed E-state index contributed by atoms with van der Waals surface area (Å²) < 4.78 is 25.5. The van der Waals surface area contributed by atoms with E-state index >= 15 is 0 Å². The molecule has 8 heteroatoms. The minimum atomic E-state index is -3.34. The van der Waals surface area contributed by atoms with Crippen molar-refractivity contribution in [3.05, 3.63) is 53.1 Å². The molecule has 0 spiro atoms. The molecule has 6 nitrogen and oxygen atoms in total. The quantitative estimate of drug-likeness (QED) is 0.850. The summed E-state index contributed by atoms with van der Waals surface area (Å²) in [4.78, 5) is 12.1. The summed E-state index contributed by atoms with van der Waals surface area (Å²) in [5, 5.41) is 5.74. The van der Waals surface area contributed by atoms with Gasteiger partial charge in [0.15, 0.2) is 0 Å². The van der Waals surface area contributed by atoms with Crippen LogP contribution in [0.2, 0.25) is 5.02 Å². The number of aryl methyl sites for hydroxylation is 1. The maximum Gasteiger partial charge on any atom is 0.323 e. The third-order valence-electron chi connectivity index (χ3n) is 3.88. The van der Waals surface area contributed by atoms with E-state index in [-0.39, 0.29) is 5.75 Å². The summed E-state index contributed by atoms with van der Waals surface area (Å²) in [6.07, 6.45) is 0.560. The lowest BCUT2D eigenvalue weighted by molar-refractivity contribution is 0.262. The maximum absolute atomic E-state index is 12.1. The molecule has 3 rings (SSSR count). The number of carbonyl (C=O) groups is 1. The second-order valence-electron chi connectivity index (χ2n) is 5.85. The highest BCUT2D eigenvalue weighted by molar-refractivity contribution is 7.93. The van der Waals surface area contributed by atoms with Crippen molar-refractivity contribution in [3.63, 3.8) is 0 Å². The van der Waals surface area contributed by atoms with Gasteiger partial charge in [-0.3, -0.25) is 4.31 Å². The zero-order chi connectivity index (χ0) is 18.0. The van der Waals surface area contributed by atoms with Crippen molar-refractivity contribution in [1.82, 2.24) is 0 Å². The Bertz CT molecular complexity index is 898. The highest BCUT2D eigenvalue weighted by atomic mass is 35.5. The van der Waals surface area contributed by atoms with Gasteiger partial charge >= 0.3 is 6.03 Å². The molecule has 0 radical (unpaired) electrons. The van der Waals surface area contributed by atoms with E-state index in [0.717, 1.165) is 5.56 Å². The van der Waals surface area contributed by atoms with Gasteiger partial charge in [-0.2, -0.15) is 0 Å². The molecule has 0 aromatic heterocycles. The zero-order valence-electron chi connectivity index (χ0n) is 13.6. The van der Waals surface area contributed by atoms with Gasteiger partial charge < -0.3 is 10.6 Å².